The van der Waals surface area contributed by atoms with Gasteiger partial charge in [-0.25, -0.2) is 0 Å². The van der Waals surface area contributed by atoms with Gasteiger partial charge in [0.2, 0.25) is 5.91 Å². The first kappa shape index (κ1) is 27.4. The molecule has 1 saturated heterocycles. The Morgan fingerprint density at radius 1 is 1.20 bits per heavy atom. The van der Waals surface area contributed by atoms with Crippen LogP contribution in [0.15, 0.2) is 4.99 Å². The lowest BCUT2D eigenvalue weighted by Crippen LogP contribution is -2.44. The Morgan fingerprint density at radius 3 is 2.57 bits per heavy atom. The van der Waals surface area contributed by atoms with Crippen LogP contribution in [-0.4, -0.2) is 86.2 Å². The van der Waals surface area contributed by atoms with E-state index in [2.05, 4.69) is 22.5 Å². The zero-order valence-corrected chi connectivity index (χ0v) is 21.6. The molecule has 7 nitrogen and oxygen atoms in total. The van der Waals surface area contributed by atoms with Gasteiger partial charge in [0.25, 0.3) is 0 Å². The predicted molar refractivity (Wildman–Crippen MR) is 135 cm³/mol. The van der Waals surface area contributed by atoms with E-state index in [9.17, 15) is 9.90 Å². The standard InChI is InChI=1S/C22H43N5O2.HI/c1-4-23-21(25-18-22(13-17-28)11-6-5-7-12-22)24-14-9-16-27-15-8-10-19(27)20(29)26(2)3;/h19,28H,4-18H2,1-3H3,(H2,23,24,25);1H. The molecule has 2 fully saturated rings. The molecule has 0 radical (unpaired) electrons. The van der Waals surface area contributed by atoms with E-state index in [1.54, 1.807) is 4.90 Å². The van der Waals surface area contributed by atoms with Crippen molar-refractivity contribution in [1.82, 2.24) is 20.4 Å². The molecule has 8 heteroatoms. The summed E-state index contributed by atoms with van der Waals surface area (Å²) in [7, 11) is 3.69. The number of carbonyl (C=O) groups is 1. The zero-order chi connectivity index (χ0) is 21.1. The van der Waals surface area contributed by atoms with Gasteiger partial charge in [0.1, 0.15) is 0 Å². The van der Waals surface area contributed by atoms with Crippen molar-refractivity contribution >= 4 is 35.8 Å². The molecule has 30 heavy (non-hydrogen) atoms. The number of hydrogen-bond donors (Lipinski definition) is 3. The van der Waals surface area contributed by atoms with E-state index in [4.69, 9.17) is 4.99 Å². The third kappa shape index (κ3) is 8.49. The number of likely N-dealkylation sites (N-methyl/N-ethyl adjacent to an activating group) is 1. The Hall–Kier alpha value is -0.610. The quantitative estimate of drug-likeness (QED) is 0.173. The zero-order valence-electron chi connectivity index (χ0n) is 19.3. The van der Waals surface area contributed by atoms with Gasteiger partial charge in [-0.3, -0.25) is 14.7 Å². The highest BCUT2D eigenvalue weighted by atomic mass is 127. The molecule has 1 heterocycles. The molecule has 1 atom stereocenters. The largest absolute Gasteiger partial charge is 0.396 e. The minimum atomic E-state index is 0. The average molecular weight is 538 g/mol. The lowest BCUT2D eigenvalue weighted by Gasteiger charge is -2.35. The van der Waals surface area contributed by atoms with Crippen LogP contribution in [0.25, 0.3) is 0 Å². The molecule has 2 aliphatic rings. The van der Waals surface area contributed by atoms with Crippen molar-refractivity contribution in [2.45, 2.75) is 70.8 Å². The van der Waals surface area contributed by atoms with Gasteiger partial charge in [-0.2, -0.15) is 0 Å². The Labute approximate surface area is 200 Å². The summed E-state index contributed by atoms with van der Waals surface area (Å²) in [6.45, 7) is 6.76. The van der Waals surface area contributed by atoms with Crippen LogP contribution >= 0.6 is 24.0 Å². The van der Waals surface area contributed by atoms with Crippen molar-refractivity contribution in [3.63, 3.8) is 0 Å². The average Bonchev–Trinajstić information content (AvgIpc) is 3.18. The highest BCUT2D eigenvalue weighted by Gasteiger charge is 2.32. The van der Waals surface area contributed by atoms with Gasteiger partial charge in [-0.15, -0.1) is 24.0 Å². The number of amides is 1. The number of hydrogen-bond acceptors (Lipinski definition) is 4. The van der Waals surface area contributed by atoms with E-state index in [0.29, 0.717) is 0 Å². The van der Waals surface area contributed by atoms with Crippen molar-refractivity contribution in [3.8, 4) is 0 Å². The van der Waals surface area contributed by atoms with E-state index in [-0.39, 0.29) is 47.9 Å². The maximum Gasteiger partial charge on any atom is 0.239 e. The molecule has 1 saturated carbocycles. The number of nitrogens with zero attached hydrogens (tertiary/aromatic N) is 3. The van der Waals surface area contributed by atoms with Crippen LogP contribution in [0.3, 0.4) is 0 Å². The van der Waals surface area contributed by atoms with Gasteiger partial charge in [0, 0.05) is 46.9 Å². The molecule has 176 valence electrons. The second kappa shape index (κ2) is 14.5. The Bertz CT molecular complexity index is 518. The van der Waals surface area contributed by atoms with Gasteiger partial charge in [0.15, 0.2) is 5.96 Å². The number of guanidine groups is 1. The maximum atomic E-state index is 12.3. The van der Waals surface area contributed by atoms with Crippen LogP contribution in [0.1, 0.15) is 64.7 Å². The van der Waals surface area contributed by atoms with Crippen LogP contribution in [0, 0.1) is 5.41 Å². The summed E-state index contributed by atoms with van der Waals surface area (Å²) in [4.78, 5) is 21.2. The third-order valence-corrected chi connectivity index (χ3v) is 6.48. The van der Waals surface area contributed by atoms with Crippen molar-refractivity contribution in [2.24, 2.45) is 10.4 Å². The minimum Gasteiger partial charge on any atom is -0.396 e. The Balaban J connectivity index is 0.00000450. The van der Waals surface area contributed by atoms with Crippen LogP contribution in [0.4, 0.5) is 0 Å². The molecule has 1 amide bonds. The Morgan fingerprint density at radius 2 is 1.93 bits per heavy atom. The Kier molecular flexibility index (Phi) is 13.2. The van der Waals surface area contributed by atoms with Gasteiger partial charge >= 0.3 is 0 Å². The van der Waals surface area contributed by atoms with Crippen LogP contribution in [0.5, 0.6) is 0 Å². The molecule has 0 aromatic carbocycles. The van der Waals surface area contributed by atoms with Gasteiger partial charge < -0.3 is 20.6 Å². The molecule has 0 spiro atoms. The topological polar surface area (TPSA) is 80.2 Å². The fourth-order valence-electron chi connectivity index (χ4n) is 4.78. The number of halogens is 1. The number of nitrogens with one attached hydrogen (secondary N) is 2. The molecule has 0 bridgehead atoms. The minimum absolute atomic E-state index is 0. The highest BCUT2D eigenvalue weighted by Crippen LogP contribution is 2.39. The lowest BCUT2D eigenvalue weighted by molar-refractivity contribution is -0.133. The molecule has 2 rings (SSSR count). The number of aliphatic imine (C=N–C) groups is 1. The first-order valence-corrected chi connectivity index (χ1v) is 11.6. The van der Waals surface area contributed by atoms with E-state index >= 15 is 0 Å². The van der Waals surface area contributed by atoms with Crippen molar-refractivity contribution in [2.75, 3.05) is 53.4 Å². The van der Waals surface area contributed by atoms with Crippen LogP contribution < -0.4 is 10.6 Å². The normalized spacial score (nSPS) is 21.7. The summed E-state index contributed by atoms with van der Waals surface area (Å²) >= 11 is 0. The van der Waals surface area contributed by atoms with Crippen LogP contribution in [-0.2, 0) is 4.79 Å². The second-order valence-electron chi connectivity index (χ2n) is 8.94. The lowest BCUT2D eigenvalue weighted by atomic mass is 9.72. The molecule has 3 N–H and O–H groups in total. The molecular weight excluding hydrogens is 493 g/mol. The summed E-state index contributed by atoms with van der Waals surface area (Å²) in [6.07, 6.45) is 10.1. The van der Waals surface area contributed by atoms with Gasteiger partial charge in [-0.1, -0.05) is 19.3 Å². The van der Waals surface area contributed by atoms with E-state index in [1.807, 2.05) is 14.1 Å². The molecule has 0 aromatic heterocycles. The molecular formula is C22H44IN5O2. The number of likely N-dealkylation sites (tertiary alicyclic amines) is 1. The number of rotatable bonds is 10. The SMILES string of the molecule is CCNC(=NCC1(CCO)CCCCC1)NCCCN1CCCC1C(=O)N(C)C.I. The molecule has 1 aliphatic heterocycles. The van der Waals surface area contributed by atoms with E-state index < -0.39 is 0 Å². The van der Waals surface area contributed by atoms with Gasteiger partial charge in [-0.05, 0) is 57.4 Å². The number of aliphatic hydroxyl groups excluding tert-OH is 1. The first-order valence-electron chi connectivity index (χ1n) is 11.6. The fraction of sp³-hybridized carbons (Fsp3) is 0.909. The summed E-state index contributed by atoms with van der Waals surface area (Å²) in [6, 6.07) is 0.0524. The summed E-state index contributed by atoms with van der Waals surface area (Å²) < 4.78 is 0. The highest BCUT2D eigenvalue weighted by molar-refractivity contribution is 14.0. The van der Waals surface area contributed by atoms with Crippen molar-refractivity contribution in [1.29, 1.82) is 0 Å². The van der Waals surface area contributed by atoms with Crippen molar-refractivity contribution in [3.05, 3.63) is 0 Å². The summed E-state index contributed by atoms with van der Waals surface area (Å²) in [5.74, 6) is 1.10. The summed E-state index contributed by atoms with van der Waals surface area (Å²) in [5, 5.41) is 16.3. The maximum absolute atomic E-state index is 12.3. The van der Waals surface area contributed by atoms with Gasteiger partial charge in [0.05, 0.1) is 6.04 Å². The van der Waals surface area contributed by atoms with E-state index in [0.717, 1.165) is 64.4 Å². The predicted octanol–water partition coefficient (Wildman–Crippen LogP) is 2.44. The first-order chi connectivity index (χ1) is 14.0. The monoisotopic (exact) mass is 537 g/mol. The van der Waals surface area contributed by atoms with E-state index in [1.165, 1.54) is 32.1 Å². The number of carbonyl (C=O) groups excluding carboxylic acids is 1. The smallest absolute Gasteiger partial charge is 0.239 e. The molecule has 1 unspecified atom stereocenters. The summed E-state index contributed by atoms with van der Waals surface area (Å²) in [5.41, 5.74) is 0.171. The van der Waals surface area contributed by atoms with Crippen molar-refractivity contribution < 1.29 is 9.90 Å². The number of aliphatic hydroxyl groups is 1. The fourth-order valence-corrected chi connectivity index (χ4v) is 4.78. The second-order valence-corrected chi connectivity index (χ2v) is 8.94. The third-order valence-electron chi connectivity index (χ3n) is 6.48. The van der Waals surface area contributed by atoms with Crippen LogP contribution in [0.2, 0.25) is 0 Å². The molecule has 0 aromatic rings. The molecule has 1 aliphatic carbocycles.